The molecule has 0 aliphatic carbocycles. The summed E-state index contributed by atoms with van der Waals surface area (Å²) in [4.78, 5) is 24.3. The van der Waals surface area contributed by atoms with Gasteiger partial charge >= 0.3 is 5.97 Å². The van der Waals surface area contributed by atoms with Gasteiger partial charge in [0.25, 0.3) is 5.91 Å². The van der Waals surface area contributed by atoms with Crippen molar-refractivity contribution in [3.05, 3.63) is 93.5 Å². The smallest absolute Gasteiger partial charge is 0.344 e. The van der Waals surface area contributed by atoms with E-state index in [4.69, 9.17) is 9.47 Å². The number of ether oxygens (including phenoxy) is 2. The van der Waals surface area contributed by atoms with E-state index in [9.17, 15) is 9.59 Å². The first-order chi connectivity index (χ1) is 14.9. The number of hydrogen-bond donors (Lipinski definition) is 1. The molecule has 3 aromatic carbocycles. The lowest BCUT2D eigenvalue weighted by atomic mass is 10.1. The molecule has 6 nitrogen and oxygen atoms in total. The van der Waals surface area contributed by atoms with Crippen molar-refractivity contribution >= 4 is 34.0 Å². The molecule has 31 heavy (non-hydrogen) atoms. The minimum atomic E-state index is -0.474. The summed E-state index contributed by atoms with van der Waals surface area (Å²) in [5.74, 6) is 0.213. The summed E-state index contributed by atoms with van der Waals surface area (Å²) >= 11 is 3.34. The fraction of sp³-hybridized carbons (Fsp3) is 0.125. The zero-order valence-corrected chi connectivity index (χ0v) is 18.7. The van der Waals surface area contributed by atoms with Crippen LogP contribution in [0.2, 0.25) is 0 Å². The van der Waals surface area contributed by atoms with Gasteiger partial charge in [-0.3, -0.25) is 4.79 Å². The highest BCUT2D eigenvalue weighted by Gasteiger charge is 2.12. The number of para-hydroxylation sites is 1. The molecule has 3 rings (SSSR count). The van der Waals surface area contributed by atoms with Crippen molar-refractivity contribution in [3.8, 4) is 11.5 Å². The van der Waals surface area contributed by atoms with Gasteiger partial charge in [-0.2, -0.15) is 5.10 Å². The maximum Gasteiger partial charge on any atom is 0.344 e. The third-order valence-corrected chi connectivity index (χ3v) is 5.01. The second kappa shape index (κ2) is 10.5. The zero-order valence-electron chi connectivity index (χ0n) is 17.1. The van der Waals surface area contributed by atoms with E-state index in [1.54, 1.807) is 42.5 Å². The average Bonchev–Trinajstić information content (AvgIpc) is 2.74. The second-order valence-electron chi connectivity index (χ2n) is 6.74. The number of amides is 1. The van der Waals surface area contributed by atoms with Gasteiger partial charge < -0.3 is 9.47 Å². The largest absolute Gasteiger partial charge is 0.483 e. The van der Waals surface area contributed by atoms with E-state index in [-0.39, 0.29) is 12.5 Å². The van der Waals surface area contributed by atoms with E-state index >= 15 is 0 Å². The third kappa shape index (κ3) is 6.26. The van der Waals surface area contributed by atoms with Gasteiger partial charge in [-0.25, -0.2) is 10.2 Å². The topological polar surface area (TPSA) is 77.0 Å². The summed E-state index contributed by atoms with van der Waals surface area (Å²) < 4.78 is 11.7. The SMILES string of the molecule is Cc1cccc(C)c1OCC(=O)N/N=C/c1cccc(OC(=O)c2ccccc2Br)c1. The van der Waals surface area contributed by atoms with Crippen LogP contribution in [0, 0.1) is 13.8 Å². The van der Waals surface area contributed by atoms with Crippen LogP contribution < -0.4 is 14.9 Å². The van der Waals surface area contributed by atoms with Crippen LogP contribution in [0.5, 0.6) is 11.5 Å². The van der Waals surface area contributed by atoms with E-state index in [2.05, 4.69) is 26.5 Å². The van der Waals surface area contributed by atoms with Crippen molar-refractivity contribution in [1.82, 2.24) is 5.43 Å². The number of carbonyl (C=O) groups excluding carboxylic acids is 2. The molecule has 158 valence electrons. The maximum atomic E-state index is 12.3. The Morgan fingerprint density at radius 1 is 1.00 bits per heavy atom. The van der Waals surface area contributed by atoms with Crippen LogP contribution in [0.1, 0.15) is 27.0 Å². The Morgan fingerprint density at radius 2 is 1.71 bits per heavy atom. The molecule has 3 aromatic rings. The van der Waals surface area contributed by atoms with E-state index in [0.717, 1.165) is 11.1 Å². The Morgan fingerprint density at radius 3 is 2.45 bits per heavy atom. The summed E-state index contributed by atoms with van der Waals surface area (Å²) in [6, 6.07) is 19.6. The molecule has 0 heterocycles. The molecule has 0 aromatic heterocycles. The second-order valence-corrected chi connectivity index (χ2v) is 7.60. The molecule has 0 aliphatic heterocycles. The molecular formula is C24H21BrN2O4. The summed E-state index contributed by atoms with van der Waals surface area (Å²) in [6.45, 7) is 3.70. The predicted molar refractivity (Wildman–Crippen MR) is 123 cm³/mol. The molecule has 0 saturated carbocycles. The van der Waals surface area contributed by atoms with E-state index in [1.165, 1.54) is 6.21 Å². The highest BCUT2D eigenvalue weighted by Crippen LogP contribution is 2.22. The predicted octanol–water partition coefficient (Wildman–Crippen LogP) is 4.81. The van der Waals surface area contributed by atoms with Crippen molar-refractivity contribution < 1.29 is 19.1 Å². The highest BCUT2D eigenvalue weighted by atomic mass is 79.9. The number of carbonyl (C=O) groups is 2. The molecule has 0 bridgehead atoms. The molecule has 0 unspecified atom stereocenters. The molecule has 0 radical (unpaired) electrons. The lowest BCUT2D eigenvalue weighted by Gasteiger charge is -2.10. The van der Waals surface area contributed by atoms with Crippen molar-refractivity contribution in [2.45, 2.75) is 13.8 Å². The van der Waals surface area contributed by atoms with Crippen molar-refractivity contribution in [2.75, 3.05) is 6.61 Å². The highest BCUT2D eigenvalue weighted by molar-refractivity contribution is 9.10. The number of nitrogens with one attached hydrogen (secondary N) is 1. The Balaban J connectivity index is 1.55. The van der Waals surface area contributed by atoms with E-state index in [0.29, 0.717) is 27.1 Å². The Hall–Kier alpha value is -3.45. The van der Waals surface area contributed by atoms with Crippen LogP contribution >= 0.6 is 15.9 Å². The van der Waals surface area contributed by atoms with Crippen LogP contribution in [0.25, 0.3) is 0 Å². The van der Waals surface area contributed by atoms with Gasteiger partial charge in [0.2, 0.25) is 0 Å². The normalized spacial score (nSPS) is 10.7. The van der Waals surface area contributed by atoms with E-state index in [1.807, 2.05) is 38.1 Å². The standard InChI is InChI=1S/C24H21BrN2O4/c1-16-7-5-8-17(2)23(16)30-15-22(28)27-26-14-18-9-6-10-19(13-18)31-24(29)20-11-3-4-12-21(20)25/h3-14H,15H2,1-2H3,(H,27,28)/b26-14+. The van der Waals surface area contributed by atoms with Crippen LogP contribution in [-0.2, 0) is 4.79 Å². The number of esters is 1. The lowest BCUT2D eigenvalue weighted by Crippen LogP contribution is -2.25. The minimum absolute atomic E-state index is 0.146. The molecule has 1 amide bonds. The number of nitrogens with zero attached hydrogens (tertiary/aromatic N) is 1. The van der Waals surface area contributed by atoms with Gasteiger partial charge in [0, 0.05) is 4.47 Å². The van der Waals surface area contributed by atoms with Gasteiger partial charge in [-0.1, -0.05) is 42.5 Å². The van der Waals surface area contributed by atoms with Crippen LogP contribution in [0.15, 0.2) is 76.3 Å². The third-order valence-electron chi connectivity index (χ3n) is 4.32. The summed E-state index contributed by atoms with van der Waals surface area (Å²) in [7, 11) is 0. The molecular weight excluding hydrogens is 460 g/mol. The molecule has 0 saturated heterocycles. The van der Waals surface area contributed by atoms with Crippen molar-refractivity contribution in [3.63, 3.8) is 0 Å². The lowest BCUT2D eigenvalue weighted by molar-refractivity contribution is -0.123. The number of rotatable bonds is 7. The fourth-order valence-corrected chi connectivity index (χ4v) is 3.27. The summed E-state index contributed by atoms with van der Waals surface area (Å²) in [5.41, 5.74) is 5.44. The van der Waals surface area contributed by atoms with Crippen LogP contribution in [-0.4, -0.2) is 24.7 Å². The fourth-order valence-electron chi connectivity index (χ4n) is 2.82. The number of hydrogen-bond acceptors (Lipinski definition) is 5. The number of halogens is 1. The van der Waals surface area contributed by atoms with Gasteiger partial charge in [0.15, 0.2) is 6.61 Å². The minimum Gasteiger partial charge on any atom is -0.483 e. The first-order valence-corrected chi connectivity index (χ1v) is 10.3. The first kappa shape index (κ1) is 22.2. The van der Waals surface area contributed by atoms with Gasteiger partial charge in [-0.05, 0) is 70.7 Å². The summed E-state index contributed by atoms with van der Waals surface area (Å²) in [5, 5.41) is 3.94. The van der Waals surface area contributed by atoms with Crippen molar-refractivity contribution in [1.29, 1.82) is 0 Å². The number of hydrazone groups is 1. The maximum absolute atomic E-state index is 12.3. The Labute approximate surface area is 189 Å². The molecule has 0 fully saturated rings. The van der Waals surface area contributed by atoms with E-state index < -0.39 is 5.97 Å². The average molecular weight is 481 g/mol. The van der Waals surface area contributed by atoms with Gasteiger partial charge in [0.05, 0.1) is 11.8 Å². The quantitative estimate of drug-likeness (QED) is 0.227. The Kier molecular flexibility index (Phi) is 7.56. The van der Waals surface area contributed by atoms with Crippen LogP contribution in [0.4, 0.5) is 0 Å². The molecule has 0 atom stereocenters. The number of benzene rings is 3. The summed E-state index contributed by atoms with van der Waals surface area (Å²) in [6.07, 6.45) is 1.46. The van der Waals surface area contributed by atoms with Gasteiger partial charge in [0.1, 0.15) is 11.5 Å². The monoisotopic (exact) mass is 480 g/mol. The zero-order chi connectivity index (χ0) is 22.2. The molecule has 7 heteroatoms. The molecule has 0 spiro atoms. The molecule has 0 aliphatic rings. The van der Waals surface area contributed by atoms with Crippen LogP contribution in [0.3, 0.4) is 0 Å². The first-order valence-electron chi connectivity index (χ1n) is 9.52. The Bertz CT molecular complexity index is 1110. The van der Waals surface area contributed by atoms with Crippen molar-refractivity contribution in [2.24, 2.45) is 5.10 Å². The van der Waals surface area contributed by atoms with Gasteiger partial charge in [-0.15, -0.1) is 0 Å². The number of aryl methyl sites for hydroxylation is 2. The molecule has 1 N–H and O–H groups in total.